The number of rotatable bonds is 3. The Morgan fingerprint density at radius 2 is 2.11 bits per heavy atom. The van der Waals surface area contributed by atoms with Crippen molar-refractivity contribution < 1.29 is 9.32 Å². The van der Waals surface area contributed by atoms with E-state index in [1.54, 1.807) is 19.9 Å². The Hall–Kier alpha value is -2.44. The maximum atomic E-state index is 11.8. The van der Waals surface area contributed by atoms with Crippen LogP contribution in [0.1, 0.15) is 30.4 Å². The molecule has 100 valence electrons. The van der Waals surface area contributed by atoms with Gasteiger partial charge in [0.25, 0.3) is 0 Å². The van der Waals surface area contributed by atoms with E-state index in [0.717, 1.165) is 5.69 Å². The molecular formula is C12H15N5O2. The minimum Gasteiger partial charge on any atom is -0.337 e. The fourth-order valence-electron chi connectivity index (χ4n) is 1.51. The van der Waals surface area contributed by atoms with Gasteiger partial charge < -0.3 is 9.84 Å². The van der Waals surface area contributed by atoms with Gasteiger partial charge in [0.2, 0.25) is 5.89 Å². The number of pyridine rings is 1. The molecule has 2 aromatic rings. The molecule has 2 N–H and O–H groups in total. The molecule has 2 aromatic heterocycles. The van der Waals surface area contributed by atoms with Crippen LogP contribution in [0, 0.1) is 13.8 Å². The van der Waals surface area contributed by atoms with Crippen LogP contribution in [-0.4, -0.2) is 21.2 Å². The average molecular weight is 261 g/mol. The van der Waals surface area contributed by atoms with E-state index in [1.807, 2.05) is 19.1 Å². The van der Waals surface area contributed by atoms with Crippen molar-refractivity contribution in [2.75, 3.05) is 5.32 Å². The number of hydrogen-bond donors (Lipinski definition) is 2. The minimum absolute atomic E-state index is 0.366. The normalized spacial score (nSPS) is 11.9. The second kappa shape index (κ2) is 5.47. The van der Waals surface area contributed by atoms with Gasteiger partial charge >= 0.3 is 6.03 Å². The van der Waals surface area contributed by atoms with Crippen molar-refractivity contribution in [2.24, 2.45) is 0 Å². The SMILES string of the molecule is Cc1cccc(NC(=O)NC(C)c2nc(C)no2)n1. The highest BCUT2D eigenvalue weighted by molar-refractivity contribution is 5.88. The number of hydrogen-bond acceptors (Lipinski definition) is 5. The molecule has 0 bridgehead atoms. The van der Waals surface area contributed by atoms with E-state index >= 15 is 0 Å². The summed E-state index contributed by atoms with van der Waals surface area (Å²) in [5, 5.41) is 9.00. The van der Waals surface area contributed by atoms with Crippen LogP contribution in [0.5, 0.6) is 0 Å². The lowest BCUT2D eigenvalue weighted by molar-refractivity contribution is 0.245. The molecule has 1 unspecified atom stereocenters. The molecule has 2 heterocycles. The fraction of sp³-hybridized carbons (Fsp3) is 0.333. The highest BCUT2D eigenvalue weighted by Gasteiger charge is 2.15. The van der Waals surface area contributed by atoms with Gasteiger partial charge in [-0.3, -0.25) is 5.32 Å². The van der Waals surface area contributed by atoms with Crippen LogP contribution < -0.4 is 10.6 Å². The van der Waals surface area contributed by atoms with Gasteiger partial charge in [0, 0.05) is 5.69 Å². The van der Waals surface area contributed by atoms with Crippen LogP contribution in [0.2, 0.25) is 0 Å². The Balaban J connectivity index is 1.94. The van der Waals surface area contributed by atoms with Gasteiger partial charge in [0.15, 0.2) is 5.82 Å². The summed E-state index contributed by atoms with van der Waals surface area (Å²) in [4.78, 5) is 20.0. The summed E-state index contributed by atoms with van der Waals surface area (Å²) < 4.78 is 4.98. The zero-order valence-electron chi connectivity index (χ0n) is 11.0. The van der Waals surface area contributed by atoms with Crippen molar-refractivity contribution in [2.45, 2.75) is 26.8 Å². The summed E-state index contributed by atoms with van der Waals surface area (Å²) >= 11 is 0. The molecule has 19 heavy (non-hydrogen) atoms. The quantitative estimate of drug-likeness (QED) is 0.881. The van der Waals surface area contributed by atoms with Crippen LogP contribution in [0.4, 0.5) is 10.6 Å². The Kier molecular flexibility index (Phi) is 3.74. The molecular weight excluding hydrogens is 246 g/mol. The van der Waals surface area contributed by atoms with E-state index in [1.165, 1.54) is 0 Å². The Bertz CT molecular complexity index is 581. The molecule has 0 fully saturated rings. The van der Waals surface area contributed by atoms with E-state index in [4.69, 9.17) is 4.52 Å². The summed E-state index contributed by atoms with van der Waals surface area (Å²) in [7, 11) is 0. The molecule has 2 amide bonds. The lowest BCUT2D eigenvalue weighted by Gasteiger charge is -2.10. The van der Waals surface area contributed by atoms with Gasteiger partial charge in [-0.25, -0.2) is 9.78 Å². The number of anilines is 1. The number of aromatic nitrogens is 3. The number of urea groups is 1. The summed E-state index contributed by atoms with van der Waals surface area (Å²) in [6.07, 6.45) is 0. The number of carbonyl (C=O) groups is 1. The monoisotopic (exact) mass is 261 g/mol. The molecule has 0 saturated carbocycles. The third-order valence-electron chi connectivity index (χ3n) is 2.39. The van der Waals surface area contributed by atoms with Gasteiger partial charge in [-0.1, -0.05) is 11.2 Å². The standard InChI is InChI=1S/C12H15N5O2/c1-7-5-4-6-10(13-7)16-12(18)14-8(2)11-15-9(3)17-19-11/h4-6,8H,1-3H3,(H2,13,14,16,18). The van der Waals surface area contributed by atoms with Crippen molar-refractivity contribution in [3.8, 4) is 0 Å². The summed E-state index contributed by atoms with van der Waals surface area (Å²) in [6.45, 7) is 5.33. The second-order valence-corrected chi connectivity index (χ2v) is 4.16. The average Bonchev–Trinajstić information content (AvgIpc) is 2.75. The van der Waals surface area contributed by atoms with E-state index < -0.39 is 0 Å². The first-order valence-electron chi connectivity index (χ1n) is 5.86. The largest absolute Gasteiger partial charge is 0.337 e. The molecule has 7 heteroatoms. The highest BCUT2D eigenvalue weighted by Crippen LogP contribution is 2.09. The van der Waals surface area contributed by atoms with Gasteiger partial charge in [-0.2, -0.15) is 4.98 Å². The van der Waals surface area contributed by atoms with Gasteiger partial charge in [0.1, 0.15) is 11.9 Å². The van der Waals surface area contributed by atoms with Gasteiger partial charge in [-0.05, 0) is 32.9 Å². The van der Waals surface area contributed by atoms with Crippen molar-refractivity contribution >= 4 is 11.8 Å². The smallest absolute Gasteiger partial charge is 0.321 e. The Morgan fingerprint density at radius 1 is 1.32 bits per heavy atom. The fourth-order valence-corrected chi connectivity index (χ4v) is 1.51. The summed E-state index contributed by atoms with van der Waals surface area (Å²) in [5.74, 6) is 1.39. The molecule has 0 radical (unpaired) electrons. The van der Waals surface area contributed by atoms with Crippen LogP contribution in [-0.2, 0) is 0 Å². The molecule has 2 rings (SSSR count). The molecule has 7 nitrogen and oxygen atoms in total. The van der Waals surface area contributed by atoms with Gasteiger partial charge in [0.05, 0.1) is 0 Å². The van der Waals surface area contributed by atoms with E-state index in [-0.39, 0.29) is 12.1 Å². The Labute approximate surface area is 110 Å². The minimum atomic E-state index is -0.374. The lowest BCUT2D eigenvalue weighted by atomic mass is 10.3. The first-order chi connectivity index (χ1) is 9.04. The van der Waals surface area contributed by atoms with Crippen molar-refractivity contribution in [3.63, 3.8) is 0 Å². The first kappa shape index (κ1) is 13.0. The lowest BCUT2D eigenvalue weighted by Crippen LogP contribution is -2.31. The van der Waals surface area contributed by atoms with Crippen LogP contribution >= 0.6 is 0 Å². The molecule has 0 aliphatic carbocycles. The highest BCUT2D eigenvalue weighted by atomic mass is 16.5. The maximum absolute atomic E-state index is 11.8. The predicted molar refractivity (Wildman–Crippen MR) is 68.6 cm³/mol. The van der Waals surface area contributed by atoms with Crippen molar-refractivity contribution in [3.05, 3.63) is 35.6 Å². The first-order valence-corrected chi connectivity index (χ1v) is 5.86. The molecule has 0 saturated heterocycles. The topological polar surface area (TPSA) is 92.9 Å². The van der Waals surface area contributed by atoms with Gasteiger partial charge in [-0.15, -0.1) is 0 Å². The zero-order valence-corrected chi connectivity index (χ0v) is 11.0. The van der Waals surface area contributed by atoms with Crippen molar-refractivity contribution in [1.82, 2.24) is 20.4 Å². The second-order valence-electron chi connectivity index (χ2n) is 4.16. The van der Waals surface area contributed by atoms with E-state index in [2.05, 4.69) is 25.8 Å². The van der Waals surface area contributed by atoms with E-state index in [9.17, 15) is 4.79 Å². The number of aryl methyl sites for hydroxylation is 2. The van der Waals surface area contributed by atoms with Crippen molar-refractivity contribution in [1.29, 1.82) is 0 Å². The molecule has 0 aliphatic heterocycles. The van der Waals surface area contributed by atoms with Crippen LogP contribution in [0.3, 0.4) is 0 Å². The predicted octanol–water partition coefficient (Wildman–Crippen LogP) is 1.96. The summed E-state index contributed by atoms with van der Waals surface area (Å²) in [5.41, 5.74) is 0.832. The zero-order chi connectivity index (χ0) is 13.8. The summed E-state index contributed by atoms with van der Waals surface area (Å²) in [6, 6.07) is 4.65. The molecule has 0 spiro atoms. The number of carbonyl (C=O) groups excluding carboxylic acids is 1. The number of nitrogens with one attached hydrogen (secondary N) is 2. The number of nitrogens with zero attached hydrogens (tertiary/aromatic N) is 3. The van der Waals surface area contributed by atoms with Crippen LogP contribution in [0.25, 0.3) is 0 Å². The third kappa shape index (κ3) is 3.51. The maximum Gasteiger partial charge on any atom is 0.321 e. The molecule has 0 aromatic carbocycles. The Morgan fingerprint density at radius 3 is 2.74 bits per heavy atom. The van der Waals surface area contributed by atoms with Crippen LogP contribution in [0.15, 0.2) is 22.7 Å². The number of amides is 2. The van der Waals surface area contributed by atoms with E-state index in [0.29, 0.717) is 17.5 Å². The molecule has 1 atom stereocenters. The third-order valence-corrected chi connectivity index (χ3v) is 2.39. The molecule has 0 aliphatic rings.